The lowest BCUT2D eigenvalue weighted by Crippen LogP contribution is -1.94. The summed E-state index contributed by atoms with van der Waals surface area (Å²) < 4.78 is 5.67. The summed E-state index contributed by atoms with van der Waals surface area (Å²) in [4.78, 5) is 0. The molecule has 0 atom stereocenters. The molecule has 86 valence electrons. The highest BCUT2D eigenvalue weighted by Gasteiger charge is 1.95. The van der Waals surface area contributed by atoms with E-state index in [-0.39, 0.29) is 0 Å². The summed E-state index contributed by atoms with van der Waals surface area (Å²) in [7, 11) is 0. The van der Waals surface area contributed by atoms with Gasteiger partial charge >= 0.3 is 0 Å². The zero-order chi connectivity index (χ0) is 11.9. The van der Waals surface area contributed by atoms with E-state index in [1.165, 1.54) is 11.1 Å². The van der Waals surface area contributed by atoms with Crippen LogP contribution in [0.4, 0.5) is 0 Å². The van der Waals surface area contributed by atoms with Gasteiger partial charge in [-0.2, -0.15) is 0 Å². The normalized spacial score (nSPS) is 10.1. The molecule has 0 N–H and O–H groups in total. The van der Waals surface area contributed by atoms with Crippen LogP contribution < -0.4 is 0 Å². The molecule has 1 heteroatoms. The summed E-state index contributed by atoms with van der Waals surface area (Å²) in [5.41, 5.74) is 3.51. The molecule has 2 aromatic rings. The Morgan fingerprint density at radius 1 is 0.882 bits per heavy atom. The largest absolute Gasteiger partial charge is 0.372 e. The summed E-state index contributed by atoms with van der Waals surface area (Å²) in [6.07, 6.45) is 1.85. The molecule has 2 aromatic carbocycles. The molecule has 0 spiro atoms. The standard InChI is InChI=1S/C16H16O/c1-2-14-9-6-10-16(11-14)13-17-12-15-7-4-3-5-8-15/h2-11H,1,12-13H2. The third-order valence-electron chi connectivity index (χ3n) is 2.57. The van der Waals surface area contributed by atoms with E-state index in [0.717, 1.165) is 5.56 Å². The van der Waals surface area contributed by atoms with Crippen LogP contribution in [0.1, 0.15) is 16.7 Å². The Bertz CT molecular complexity index is 474. The predicted molar refractivity (Wildman–Crippen MR) is 71.5 cm³/mol. The Morgan fingerprint density at radius 3 is 2.35 bits per heavy atom. The van der Waals surface area contributed by atoms with Crippen molar-refractivity contribution in [3.8, 4) is 0 Å². The van der Waals surface area contributed by atoms with Gasteiger partial charge in [0.05, 0.1) is 13.2 Å². The fourth-order valence-electron chi connectivity index (χ4n) is 1.67. The summed E-state index contributed by atoms with van der Waals surface area (Å²) >= 11 is 0. The first-order valence-electron chi connectivity index (χ1n) is 5.71. The average molecular weight is 224 g/mol. The molecule has 0 fully saturated rings. The lowest BCUT2D eigenvalue weighted by Gasteiger charge is -2.05. The zero-order valence-electron chi connectivity index (χ0n) is 9.80. The first-order valence-corrected chi connectivity index (χ1v) is 5.71. The van der Waals surface area contributed by atoms with Crippen molar-refractivity contribution in [2.75, 3.05) is 0 Å². The van der Waals surface area contributed by atoms with Crippen LogP contribution in [0, 0.1) is 0 Å². The van der Waals surface area contributed by atoms with Crippen LogP contribution in [0.15, 0.2) is 61.2 Å². The van der Waals surface area contributed by atoms with Crippen molar-refractivity contribution in [1.29, 1.82) is 0 Å². The van der Waals surface area contributed by atoms with Crippen molar-refractivity contribution in [1.82, 2.24) is 0 Å². The van der Waals surface area contributed by atoms with Crippen molar-refractivity contribution >= 4 is 6.08 Å². The Labute approximate surface area is 102 Å². The molecule has 0 amide bonds. The average Bonchev–Trinajstić information content (AvgIpc) is 2.40. The van der Waals surface area contributed by atoms with Crippen molar-refractivity contribution in [3.63, 3.8) is 0 Å². The van der Waals surface area contributed by atoms with E-state index >= 15 is 0 Å². The summed E-state index contributed by atoms with van der Waals surface area (Å²) in [6, 6.07) is 18.4. The topological polar surface area (TPSA) is 9.23 Å². The molecule has 0 aliphatic carbocycles. The molecule has 0 saturated heterocycles. The van der Waals surface area contributed by atoms with Crippen LogP contribution in [-0.4, -0.2) is 0 Å². The number of benzene rings is 2. The predicted octanol–water partition coefficient (Wildman–Crippen LogP) is 4.05. The van der Waals surface area contributed by atoms with Crippen LogP contribution >= 0.6 is 0 Å². The molecule has 2 rings (SSSR count). The van der Waals surface area contributed by atoms with Crippen LogP contribution in [-0.2, 0) is 18.0 Å². The molecule has 0 aromatic heterocycles. The third-order valence-corrected chi connectivity index (χ3v) is 2.57. The smallest absolute Gasteiger partial charge is 0.0721 e. The summed E-state index contributed by atoms with van der Waals surface area (Å²) in [5, 5.41) is 0. The van der Waals surface area contributed by atoms with Gasteiger partial charge in [-0.1, -0.05) is 61.2 Å². The van der Waals surface area contributed by atoms with Crippen molar-refractivity contribution in [2.24, 2.45) is 0 Å². The summed E-state index contributed by atoms with van der Waals surface area (Å²) in [5.74, 6) is 0. The molecule has 0 aliphatic rings. The Hall–Kier alpha value is -1.86. The molecule has 17 heavy (non-hydrogen) atoms. The van der Waals surface area contributed by atoms with Crippen LogP contribution in [0.2, 0.25) is 0 Å². The molecule has 0 bridgehead atoms. The monoisotopic (exact) mass is 224 g/mol. The van der Waals surface area contributed by atoms with E-state index in [9.17, 15) is 0 Å². The van der Waals surface area contributed by atoms with Gasteiger partial charge in [0, 0.05) is 0 Å². The molecular weight excluding hydrogens is 208 g/mol. The fraction of sp³-hybridized carbons (Fsp3) is 0.125. The van der Waals surface area contributed by atoms with Gasteiger partial charge in [-0.05, 0) is 22.8 Å². The van der Waals surface area contributed by atoms with E-state index < -0.39 is 0 Å². The molecule has 0 unspecified atom stereocenters. The van der Waals surface area contributed by atoms with Gasteiger partial charge in [0.15, 0.2) is 0 Å². The Kier molecular flexibility index (Phi) is 4.11. The maximum atomic E-state index is 5.67. The fourth-order valence-corrected chi connectivity index (χ4v) is 1.67. The Morgan fingerprint density at radius 2 is 1.59 bits per heavy atom. The first-order chi connectivity index (χ1) is 8.38. The van der Waals surface area contributed by atoms with Gasteiger partial charge in [-0.25, -0.2) is 0 Å². The van der Waals surface area contributed by atoms with Crippen LogP contribution in [0.5, 0.6) is 0 Å². The van der Waals surface area contributed by atoms with Gasteiger partial charge in [0.25, 0.3) is 0 Å². The van der Waals surface area contributed by atoms with E-state index in [1.807, 2.05) is 36.4 Å². The molecule has 0 heterocycles. The molecular formula is C16H16O. The first kappa shape index (κ1) is 11.6. The zero-order valence-corrected chi connectivity index (χ0v) is 9.80. The van der Waals surface area contributed by atoms with Crippen molar-refractivity contribution in [2.45, 2.75) is 13.2 Å². The quantitative estimate of drug-likeness (QED) is 0.744. The molecule has 0 radical (unpaired) electrons. The maximum Gasteiger partial charge on any atom is 0.0721 e. The van der Waals surface area contributed by atoms with Crippen LogP contribution in [0.3, 0.4) is 0 Å². The van der Waals surface area contributed by atoms with Gasteiger partial charge in [-0.15, -0.1) is 0 Å². The number of rotatable bonds is 5. The Balaban J connectivity index is 1.88. The minimum absolute atomic E-state index is 0.635. The molecule has 0 saturated carbocycles. The van der Waals surface area contributed by atoms with E-state index in [4.69, 9.17) is 4.74 Å². The lowest BCUT2D eigenvalue weighted by atomic mass is 10.1. The highest BCUT2D eigenvalue weighted by atomic mass is 16.5. The van der Waals surface area contributed by atoms with Gasteiger partial charge < -0.3 is 4.74 Å². The van der Waals surface area contributed by atoms with Crippen LogP contribution in [0.25, 0.3) is 6.08 Å². The number of hydrogen-bond donors (Lipinski definition) is 0. The highest BCUT2D eigenvalue weighted by Crippen LogP contribution is 2.09. The number of ether oxygens (including phenoxy) is 1. The van der Waals surface area contributed by atoms with E-state index in [1.54, 1.807) is 0 Å². The SMILES string of the molecule is C=Cc1cccc(COCc2ccccc2)c1. The van der Waals surface area contributed by atoms with E-state index in [2.05, 4.69) is 30.8 Å². The minimum atomic E-state index is 0.635. The lowest BCUT2D eigenvalue weighted by molar-refractivity contribution is 0.107. The summed E-state index contributed by atoms with van der Waals surface area (Å²) in [6.45, 7) is 5.05. The third kappa shape index (κ3) is 3.58. The highest BCUT2D eigenvalue weighted by molar-refractivity contribution is 5.47. The molecule has 1 nitrogen and oxygen atoms in total. The van der Waals surface area contributed by atoms with E-state index in [0.29, 0.717) is 13.2 Å². The minimum Gasteiger partial charge on any atom is -0.372 e. The van der Waals surface area contributed by atoms with Gasteiger partial charge in [0.1, 0.15) is 0 Å². The van der Waals surface area contributed by atoms with Gasteiger partial charge in [0.2, 0.25) is 0 Å². The second-order valence-electron chi connectivity index (χ2n) is 3.93. The second kappa shape index (κ2) is 6.02. The molecule has 0 aliphatic heterocycles. The maximum absolute atomic E-state index is 5.67. The van der Waals surface area contributed by atoms with Crippen molar-refractivity contribution < 1.29 is 4.74 Å². The van der Waals surface area contributed by atoms with Crippen molar-refractivity contribution in [3.05, 3.63) is 77.9 Å². The van der Waals surface area contributed by atoms with Gasteiger partial charge in [-0.3, -0.25) is 0 Å². The number of hydrogen-bond acceptors (Lipinski definition) is 1. The second-order valence-corrected chi connectivity index (χ2v) is 3.93.